The molecule has 0 aromatic heterocycles. The highest BCUT2D eigenvalue weighted by Gasteiger charge is 2.34. The molecule has 0 radical (unpaired) electrons. The predicted molar refractivity (Wildman–Crippen MR) is 71.1 cm³/mol. The maximum atomic E-state index is 10.1. The third-order valence-electron chi connectivity index (χ3n) is 3.91. The van der Waals surface area contributed by atoms with E-state index in [1.165, 1.54) is 16.7 Å². The maximum absolute atomic E-state index is 10.1. The van der Waals surface area contributed by atoms with Crippen molar-refractivity contribution in [1.82, 2.24) is 5.32 Å². The Morgan fingerprint density at radius 2 is 2.06 bits per heavy atom. The third kappa shape index (κ3) is 2.88. The summed E-state index contributed by atoms with van der Waals surface area (Å²) in [7, 11) is 0. The molecule has 0 heterocycles. The minimum Gasteiger partial charge on any atom is -0.389 e. The number of rotatable bonds is 4. The monoisotopic (exact) mass is 233 g/mol. The second kappa shape index (κ2) is 4.79. The highest BCUT2D eigenvalue weighted by atomic mass is 16.3. The summed E-state index contributed by atoms with van der Waals surface area (Å²) in [4.78, 5) is 0. The van der Waals surface area contributed by atoms with E-state index in [1.54, 1.807) is 0 Å². The zero-order valence-corrected chi connectivity index (χ0v) is 11.1. The van der Waals surface area contributed by atoms with Gasteiger partial charge in [-0.1, -0.05) is 23.8 Å². The topological polar surface area (TPSA) is 32.3 Å². The van der Waals surface area contributed by atoms with Gasteiger partial charge in [-0.3, -0.25) is 0 Å². The molecule has 0 aliphatic heterocycles. The van der Waals surface area contributed by atoms with Gasteiger partial charge < -0.3 is 10.4 Å². The van der Waals surface area contributed by atoms with Gasteiger partial charge in [-0.15, -0.1) is 0 Å². The van der Waals surface area contributed by atoms with Gasteiger partial charge in [-0.05, 0) is 51.2 Å². The predicted octanol–water partition coefficient (Wildman–Crippen LogP) is 2.87. The first-order chi connectivity index (χ1) is 8.00. The van der Waals surface area contributed by atoms with Gasteiger partial charge in [0.15, 0.2) is 0 Å². The molecule has 1 atom stereocenters. The molecule has 1 aliphatic rings. The Morgan fingerprint density at radius 1 is 1.35 bits per heavy atom. The standard InChI is InChI=1S/C15H23NO/c1-11-5-6-14(12(2)9-11)13(3)16-10-15(17)7-4-8-15/h5-6,9,13,16-17H,4,7-8,10H2,1-3H3. The van der Waals surface area contributed by atoms with Crippen molar-refractivity contribution in [3.05, 3.63) is 34.9 Å². The molecule has 2 rings (SSSR count). The zero-order valence-electron chi connectivity index (χ0n) is 11.1. The lowest BCUT2D eigenvalue weighted by Crippen LogP contribution is -2.46. The average molecular weight is 233 g/mol. The van der Waals surface area contributed by atoms with E-state index in [9.17, 15) is 5.11 Å². The van der Waals surface area contributed by atoms with E-state index in [2.05, 4.69) is 44.3 Å². The second-order valence-electron chi connectivity index (χ2n) is 5.54. The number of aliphatic hydroxyl groups is 1. The molecule has 2 heteroatoms. The van der Waals surface area contributed by atoms with E-state index in [4.69, 9.17) is 0 Å². The van der Waals surface area contributed by atoms with E-state index in [1.807, 2.05) is 0 Å². The van der Waals surface area contributed by atoms with E-state index in [-0.39, 0.29) is 0 Å². The first kappa shape index (κ1) is 12.6. The van der Waals surface area contributed by atoms with Crippen LogP contribution in [-0.4, -0.2) is 17.3 Å². The third-order valence-corrected chi connectivity index (χ3v) is 3.91. The summed E-state index contributed by atoms with van der Waals surface area (Å²) in [6, 6.07) is 6.86. The van der Waals surface area contributed by atoms with Crippen LogP contribution in [0, 0.1) is 13.8 Å². The Kier molecular flexibility index (Phi) is 3.55. The molecular formula is C15H23NO. The SMILES string of the molecule is Cc1ccc(C(C)NCC2(O)CCC2)c(C)c1. The molecule has 94 valence electrons. The first-order valence-electron chi connectivity index (χ1n) is 6.53. The van der Waals surface area contributed by atoms with E-state index >= 15 is 0 Å². The summed E-state index contributed by atoms with van der Waals surface area (Å²) in [5, 5.41) is 13.5. The van der Waals surface area contributed by atoms with Crippen LogP contribution >= 0.6 is 0 Å². The lowest BCUT2D eigenvalue weighted by atomic mass is 9.80. The highest BCUT2D eigenvalue weighted by molar-refractivity contribution is 5.32. The molecule has 0 amide bonds. The number of hydrogen-bond acceptors (Lipinski definition) is 2. The molecule has 1 aromatic rings. The van der Waals surface area contributed by atoms with Gasteiger partial charge in [-0.2, -0.15) is 0 Å². The lowest BCUT2D eigenvalue weighted by molar-refractivity contribution is -0.0329. The molecule has 0 saturated heterocycles. The van der Waals surface area contributed by atoms with Crippen LogP contribution in [0.2, 0.25) is 0 Å². The van der Waals surface area contributed by atoms with Crippen LogP contribution in [0.1, 0.15) is 48.9 Å². The fourth-order valence-electron chi connectivity index (χ4n) is 2.53. The van der Waals surface area contributed by atoms with Gasteiger partial charge in [0.2, 0.25) is 0 Å². The zero-order chi connectivity index (χ0) is 12.5. The van der Waals surface area contributed by atoms with Crippen LogP contribution in [-0.2, 0) is 0 Å². The Bertz CT molecular complexity index is 396. The van der Waals surface area contributed by atoms with Crippen molar-refractivity contribution >= 4 is 0 Å². The van der Waals surface area contributed by atoms with Crippen LogP contribution in [0.25, 0.3) is 0 Å². The Hall–Kier alpha value is -0.860. The van der Waals surface area contributed by atoms with Crippen molar-refractivity contribution in [2.75, 3.05) is 6.54 Å². The van der Waals surface area contributed by atoms with Gasteiger partial charge in [-0.25, -0.2) is 0 Å². The summed E-state index contributed by atoms with van der Waals surface area (Å²) in [5.74, 6) is 0. The van der Waals surface area contributed by atoms with Crippen LogP contribution in [0.5, 0.6) is 0 Å². The maximum Gasteiger partial charge on any atom is 0.0771 e. The smallest absolute Gasteiger partial charge is 0.0771 e. The lowest BCUT2D eigenvalue weighted by Gasteiger charge is -2.37. The molecule has 1 fully saturated rings. The van der Waals surface area contributed by atoms with Crippen molar-refractivity contribution in [3.8, 4) is 0 Å². The fourth-order valence-corrected chi connectivity index (χ4v) is 2.53. The van der Waals surface area contributed by atoms with Gasteiger partial charge in [0, 0.05) is 12.6 Å². The van der Waals surface area contributed by atoms with Gasteiger partial charge >= 0.3 is 0 Å². The average Bonchev–Trinajstić information content (AvgIpc) is 2.23. The number of hydrogen-bond donors (Lipinski definition) is 2. The van der Waals surface area contributed by atoms with E-state index in [0.29, 0.717) is 12.6 Å². The quantitative estimate of drug-likeness (QED) is 0.838. The molecule has 1 unspecified atom stereocenters. The van der Waals surface area contributed by atoms with Crippen LogP contribution in [0.15, 0.2) is 18.2 Å². The normalized spacial score (nSPS) is 19.8. The summed E-state index contributed by atoms with van der Waals surface area (Å²) in [6.45, 7) is 7.14. The van der Waals surface area contributed by atoms with Crippen molar-refractivity contribution in [2.24, 2.45) is 0 Å². The van der Waals surface area contributed by atoms with Crippen molar-refractivity contribution in [1.29, 1.82) is 0 Å². The molecule has 1 saturated carbocycles. The summed E-state index contributed by atoms with van der Waals surface area (Å²) in [6.07, 6.45) is 3.05. The highest BCUT2D eigenvalue weighted by Crippen LogP contribution is 2.31. The summed E-state index contributed by atoms with van der Waals surface area (Å²) in [5.41, 5.74) is 3.52. The largest absolute Gasteiger partial charge is 0.389 e. The first-order valence-corrected chi connectivity index (χ1v) is 6.53. The molecule has 2 nitrogen and oxygen atoms in total. The molecule has 1 aliphatic carbocycles. The number of nitrogens with one attached hydrogen (secondary N) is 1. The molecule has 0 bridgehead atoms. The molecule has 0 spiro atoms. The minimum atomic E-state index is -0.438. The number of aryl methyl sites for hydroxylation is 2. The number of benzene rings is 1. The van der Waals surface area contributed by atoms with Gasteiger partial charge in [0.1, 0.15) is 0 Å². The fraction of sp³-hybridized carbons (Fsp3) is 0.600. The minimum absolute atomic E-state index is 0.306. The summed E-state index contributed by atoms with van der Waals surface area (Å²) < 4.78 is 0. The summed E-state index contributed by atoms with van der Waals surface area (Å²) >= 11 is 0. The van der Waals surface area contributed by atoms with Crippen molar-refractivity contribution in [2.45, 2.75) is 51.7 Å². The molecular weight excluding hydrogens is 210 g/mol. The van der Waals surface area contributed by atoms with E-state index < -0.39 is 5.60 Å². The van der Waals surface area contributed by atoms with Crippen LogP contribution < -0.4 is 5.32 Å². The van der Waals surface area contributed by atoms with Gasteiger partial charge in [0.05, 0.1) is 5.60 Å². The molecule has 1 aromatic carbocycles. The molecule has 2 N–H and O–H groups in total. The van der Waals surface area contributed by atoms with Crippen molar-refractivity contribution < 1.29 is 5.11 Å². The Morgan fingerprint density at radius 3 is 2.59 bits per heavy atom. The Labute approximate surface area is 104 Å². The van der Waals surface area contributed by atoms with Crippen LogP contribution in [0.4, 0.5) is 0 Å². The van der Waals surface area contributed by atoms with Crippen LogP contribution in [0.3, 0.4) is 0 Å². The van der Waals surface area contributed by atoms with Gasteiger partial charge in [0.25, 0.3) is 0 Å². The van der Waals surface area contributed by atoms with Crippen molar-refractivity contribution in [3.63, 3.8) is 0 Å². The second-order valence-corrected chi connectivity index (χ2v) is 5.54. The molecule has 17 heavy (non-hydrogen) atoms. The Balaban J connectivity index is 1.96. The van der Waals surface area contributed by atoms with E-state index in [0.717, 1.165) is 19.3 Å².